The van der Waals surface area contributed by atoms with Crippen LogP contribution in [0.1, 0.15) is 44.3 Å². The highest BCUT2D eigenvalue weighted by Crippen LogP contribution is 2.28. The minimum Gasteiger partial charge on any atom is -0.243 e. The van der Waals surface area contributed by atoms with E-state index >= 15 is 0 Å². The van der Waals surface area contributed by atoms with Gasteiger partial charge in [0.25, 0.3) is 0 Å². The Hall–Kier alpha value is -0.440. The zero-order valence-electron chi connectivity index (χ0n) is 7.89. The first-order valence-corrected chi connectivity index (χ1v) is 4.94. The van der Waals surface area contributed by atoms with E-state index in [-0.39, 0.29) is 0 Å². The molecule has 0 bridgehead atoms. The normalized spacial score (nSPS) is 12.5. The van der Waals surface area contributed by atoms with Gasteiger partial charge >= 0.3 is 0 Å². The number of halogens is 1. The molecule has 0 N–H and O–H groups in total. The number of aromatic nitrogens is 1. The molecule has 1 aromatic heterocycles. The number of hydrogen-bond donors (Lipinski definition) is 0. The molecule has 0 saturated carbocycles. The molecule has 0 aliphatic rings. The second-order valence-electron chi connectivity index (χ2n) is 3.70. The first-order valence-electron chi connectivity index (χ1n) is 4.06. The zero-order valence-corrected chi connectivity index (χ0v) is 8.70. The molecule has 0 unspecified atom stereocenters. The molecule has 0 radical (unpaired) electrons. The maximum Gasteiger partial charge on any atom is 0.148 e. The SMILES string of the molecule is CC(C)c1nc(C(C)(C)F)cs1. The summed E-state index contributed by atoms with van der Waals surface area (Å²) in [5.41, 5.74) is -0.750. The molecule has 1 aromatic rings. The van der Waals surface area contributed by atoms with Gasteiger partial charge in [0.05, 0.1) is 10.7 Å². The highest BCUT2D eigenvalue weighted by molar-refractivity contribution is 7.09. The molecule has 0 atom stereocenters. The third-order valence-corrected chi connectivity index (χ3v) is 2.77. The van der Waals surface area contributed by atoms with Crippen molar-refractivity contribution < 1.29 is 4.39 Å². The third kappa shape index (κ3) is 2.03. The third-order valence-electron chi connectivity index (χ3n) is 1.62. The van der Waals surface area contributed by atoms with Gasteiger partial charge in [0.1, 0.15) is 5.67 Å². The molecule has 1 rings (SSSR count). The Morgan fingerprint density at radius 1 is 1.50 bits per heavy atom. The summed E-state index contributed by atoms with van der Waals surface area (Å²) in [4.78, 5) is 4.22. The number of thiazole rings is 1. The first-order chi connectivity index (χ1) is 5.41. The lowest BCUT2D eigenvalue weighted by molar-refractivity contribution is 0.215. The molecule has 0 saturated heterocycles. The number of rotatable bonds is 2. The van der Waals surface area contributed by atoms with Crippen molar-refractivity contribution in [3.63, 3.8) is 0 Å². The second-order valence-corrected chi connectivity index (χ2v) is 4.59. The molecule has 68 valence electrons. The largest absolute Gasteiger partial charge is 0.243 e. The number of hydrogen-bond acceptors (Lipinski definition) is 2. The molecular formula is C9H14FNS. The lowest BCUT2D eigenvalue weighted by atomic mass is 10.1. The Balaban J connectivity index is 2.92. The van der Waals surface area contributed by atoms with Crippen molar-refractivity contribution in [3.05, 3.63) is 16.1 Å². The van der Waals surface area contributed by atoms with Crippen molar-refractivity contribution in [1.82, 2.24) is 4.98 Å². The summed E-state index contributed by atoms with van der Waals surface area (Å²) in [6, 6.07) is 0. The molecule has 3 heteroatoms. The summed E-state index contributed by atoms with van der Waals surface area (Å²) in [7, 11) is 0. The summed E-state index contributed by atoms with van der Waals surface area (Å²) >= 11 is 1.53. The lowest BCUT2D eigenvalue weighted by Gasteiger charge is -2.09. The van der Waals surface area contributed by atoms with Crippen molar-refractivity contribution in [2.24, 2.45) is 0 Å². The summed E-state index contributed by atoms with van der Waals surface area (Å²) in [6.45, 7) is 7.19. The van der Waals surface area contributed by atoms with Crippen molar-refractivity contribution >= 4 is 11.3 Å². The van der Waals surface area contributed by atoms with Gasteiger partial charge in [0.15, 0.2) is 0 Å². The topological polar surface area (TPSA) is 12.9 Å². The van der Waals surface area contributed by atoms with Gasteiger partial charge in [-0.3, -0.25) is 0 Å². The Morgan fingerprint density at radius 3 is 2.33 bits per heavy atom. The quantitative estimate of drug-likeness (QED) is 0.690. The Kier molecular flexibility index (Phi) is 2.52. The van der Waals surface area contributed by atoms with E-state index in [4.69, 9.17) is 0 Å². The Bertz CT molecular complexity index is 260. The average molecular weight is 187 g/mol. The van der Waals surface area contributed by atoms with E-state index < -0.39 is 5.67 Å². The zero-order chi connectivity index (χ0) is 9.35. The minimum atomic E-state index is -1.30. The second kappa shape index (κ2) is 3.13. The molecule has 0 aliphatic heterocycles. The molecule has 0 fully saturated rings. The molecule has 0 aromatic carbocycles. The van der Waals surface area contributed by atoms with Crippen LogP contribution < -0.4 is 0 Å². The summed E-state index contributed by atoms with van der Waals surface area (Å²) in [5.74, 6) is 0.395. The van der Waals surface area contributed by atoms with Crippen LogP contribution in [0, 0.1) is 0 Å². The maximum atomic E-state index is 13.3. The van der Waals surface area contributed by atoms with E-state index in [1.54, 1.807) is 5.38 Å². The summed E-state index contributed by atoms with van der Waals surface area (Å²) < 4.78 is 13.3. The van der Waals surface area contributed by atoms with Gasteiger partial charge in [-0.2, -0.15) is 0 Å². The number of alkyl halides is 1. The molecule has 12 heavy (non-hydrogen) atoms. The van der Waals surface area contributed by atoms with Gasteiger partial charge < -0.3 is 0 Å². The van der Waals surface area contributed by atoms with E-state index in [0.717, 1.165) is 5.01 Å². The van der Waals surface area contributed by atoms with E-state index in [9.17, 15) is 4.39 Å². The van der Waals surface area contributed by atoms with Crippen LogP contribution in [0.15, 0.2) is 5.38 Å². The van der Waals surface area contributed by atoms with Crippen molar-refractivity contribution in [2.45, 2.75) is 39.3 Å². The van der Waals surface area contributed by atoms with Crippen LogP contribution in [0.3, 0.4) is 0 Å². The van der Waals surface area contributed by atoms with Crippen molar-refractivity contribution in [2.75, 3.05) is 0 Å². The Morgan fingerprint density at radius 2 is 2.08 bits per heavy atom. The summed E-state index contributed by atoms with van der Waals surface area (Å²) in [5, 5.41) is 2.81. The summed E-state index contributed by atoms with van der Waals surface area (Å²) in [6.07, 6.45) is 0. The smallest absolute Gasteiger partial charge is 0.148 e. The average Bonchev–Trinajstić information content (AvgIpc) is 2.30. The fourth-order valence-corrected chi connectivity index (χ4v) is 1.81. The van der Waals surface area contributed by atoms with Crippen LogP contribution in [0.5, 0.6) is 0 Å². The van der Waals surface area contributed by atoms with Gasteiger partial charge in [-0.05, 0) is 13.8 Å². The van der Waals surface area contributed by atoms with Crippen LogP contribution in [0.4, 0.5) is 4.39 Å². The standard InChI is InChI=1S/C9H14FNS/c1-6(2)8-11-7(5-12-8)9(3,4)10/h5-6H,1-4H3. The predicted molar refractivity (Wildman–Crippen MR) is 50.3 cm³/mol. The van der Waals surface area contributed by atoms with Crippen LogP contribution >= 0.6 is 11.3 Å². The molecule has 1 heterocycles. The van der Waals surface area contributed by atoms with E-state index in [0.29, 0.717) is 11.6 Å². The van der Waals surface area contributed by atoms with Crippen molar-refractivity contribution in [1.29, 1.82) is 0 Å². The van der Waals surface area contributed by atoms with Gasteiger partial charge in [-0.15, -0.1) is 11.3 Å². The molecule has 0 spiro atoms. The van der Waals surface area contributed by atoms with E-state index in [1.165, 1.54) is 25.2 Å². The fourth-order valence-electron chi connectivity index (χ4n) is 0.826. The van der Waals surface area contributed by atoms with Crippen LogP contribution in [-0.2, 0) is 5.67 Å². The lowest BCUT2D eigenvalue weighted by Crippen LogP contribution is -2.09. The monoisotopic (exact) mass is 187 g/mol. The predicted octanol–water partition coefficient (Wildman–Crippen LogP) is 3.47. The first kappa shape index (κ1) is 9.65. The van der Waals surface area contributed by atoms with Crippen LogP contribution in [-0.4, -0.2) is 4.98 Å². The van der Waals surface area contributed by atoms with Gasteiger partial charge in [-0.25, -0.2) is 9.37 Å². The fraction of sp³-hybridized carbons (Fsp3) is 0.667. The van der Waals surface area contributed by atoms with Gasteiger partial charge in [0.2, 0.25) is 0 Å². The van der Waals surface area contributed by atoms with Gasteiger partial charge in [-0.1, -0.05) is 13.8 Å². The molecule has 1 nitrogen and oxygen atoms in total. The minimum absolute atomic E-state index is 0.395. The van der Waals surface area contributed by atoms with Crippen LogP contribution in [0.2, 0.25) is 0 Å². The van der Waals surface area contributed by atoms with Crippen LogP contribution in [0.25, 0.3) is 0 Å². The van der Waals surface area contributed by atoms with E-state index in [1.807, 2.05) is 0 Å². The highest BCUT2D eigenvalue weighted by atomic mass is 32.1. The van der Waals surface area contributed by atoms with Crippen molar-refractivity contribution in [3.8, 4) is 0 Å². The highest BCUT2D eigenvalue weighted by Gasteiger charge is 2.22. The number of nitrogens with zero attached hydrogens (tertiary/aromatic N) is 1. The molecule has 0 aliphatic carbocycles. The molecular weight excluding hydrogens is 173 g/mol. The van der Waals surface area contributed by atoms with Gasteiger partial charge in [0, 0.05) is 11.3 Å². The molecule has 0 amide bonds. The van der Waals surface area contributed by atoms with E-state index in [2.05, 4.69) is 18.8 Å². The maximum absolute atomic E-state index is 13.3. The Labute approximate surface area is 76.6 Å².